The number of aliphatic imine (C=N–C) groups is 1. The second-order valence-corrected chi connectivity index (χ2v) is 7.58. The lowest BCUT2D eigenvalue weighted by molar-refractivity contribution is -0.122. The van der Waals surface area contributed by atoms with E-state index in [-0.39, 0.29) is 5.96 Å². The van der Waals surface area contributed by atoms with Crippen molar-refractivity contribution in [3.63, 3.8) is 0 Å². The van der Waals surface area contributed by atoms with Crippen molar-refractivity contribution in [1.29, 1.82) is 5.26 Å². The van der Waals surface area contributed by atoms with Gasteiger partial charge in [0.1, 0.15) is 11.5 Å². The summed E-state index contributed by atoms with van der Waals surface area (Å²) in [6.45, 7) is 1.94. The smallest absolute Gasteiger partial charge is 0.264 e. The van der Waals surface area contributed by atoms with Crippen LogP contribution in [-0.4, -0.2) is 16.9 Å². The zero-order valence-electron chi connectivity index (χ0n) is 15.7. The van der Waals surface area contributed by atoms with Crippen LogP contribution in [0.2, 0.25) is 5.02 Å². The van der Waals surface area contributed by atoms with E-state index in [1.807, 2.05) is 19.1 Å². The fourth-order valence-electron chi connectivity index (χ4n) is 3.98. The Morgan fingerprint density at radius 1 is 1.17 bits per heavy atom. The highest BCUT2D eigenvalue weighted by molar-refractivity contribution is 6.30. The predicted molar refractivity (Wildman–Crippen MR) is 111 cm³/mol. The number of guanidine groups is 1. The number of ether oxygens (including phenoxy) is 1. The van der Waals surface area contributed by atoms with Gasteiger partial charge in [-0.15, -0.1) is 0 Å². The van der Waals surface area contributed by atoms with Gasteiger partial charge >= 0.3 is 0 Å². The molecular weight excluding hydrogens is 402 g/mol. The fourth-order valence-corrected chi connectivity index (χ4v) is 4.16. The highest BCUT2D eigenvalue weighted by Crippen LogP contribution is 2.52. The first-order valence-corrected chi connectivity index (χ1v) is 9.45. The molecule has 1 spiro atoms. The molecule has 8 heteroatoms. The molecule has 0 bridgehead atoms. The number of halogens is 1. The monoisotopic (exact) mass is 415 g/mol. The van der Waals surface area contributed by atoms with Gasteiger partial charge in [-0.05, 0) is 54.4 Å². The minimum Gasteiger partial charge on any atom is -0.457 e. The van der Waals surface area contributed by atoms with E-state index < -0.39 is 11.4 Å². The molecule has 5 rings (SSSR count). The minimum atomic E-state index is -1.45. The molecule has 7 nitrogen and oxygen atoms in total. The van der Waals surface area contributed by atoms with Gasteiger partial charge in [-0.2, -0.15) is 5.26 Å². The molecule has 1 aromatic heterocycles. The first-order chi connectivity index (χ1) is 14.4. The van der Waals surface area contributed by atoms with Crippen molar-refractivity contribution in [2.45, 2.75) is 12.5 Å². The number of nitriles is 1. The number of nitrogens with one attached hydrogen (secondary N) is 1. The zero-order valence-corrected chi connectivity index (χ0v) is 16.5. The summed E-state index contributed by atoms with van der Waals surface area (Å²) in [5.41, 5.74) is 8.38. The molecule has 3 aromatic rings. The van der Waals surface area contributed by atoms with Crippen molar-refractivity contribution in [2.75, 3.05) is 0 Å². The molecule has 2 aromatic carbocycles. The van der Waals surface area contributed by atoms with Crippen LogP contribution in [0.25, 0.3) is 11.1 Å². The van der Waals surface area contributed by atoms with Gasteiger partial charge in [-0.3, -0.25) is 15.1 Å². The summed E-state index contributed by atoms with van der Waals surface area (Å²) >= 11 is 6.13. The van der Waals surface area contributed by atoms with Crippen LogP contribution < -0.4 is 15.8 Å². The molecule has 3 N–H and O–H groups in total. The first-order valence-electron chi connectivity index (χ1n) is 9.07. The second-order valence-electron chi connectivity index (χ2n) is 7.14. The number of hydrogen-bond donors (Lipinski definition) is 2. The van der Waals surface area contributed by atoms with Crippen molar-refractivity contribution < 1.29 is 9.53 Å². The topological polar surface area (TPSA) is 113 Å². The van der Waals surface area contributed by atoms with Crippen molar-refractivity contribution in [2.24, 2.45) is 10.7 Å². The van der Waals surface area contributed by atoms with E-state index in [0.717, 1.165) is 16.7 Å². The van der Waals surface area contributed by atoms with E-state index in [4.69, 9.17) is 22.1 Å². The molecule has 3 heterocycles. The lowest BCUT2D eigenvalue weighted by Crippen LogP contribution is -2.41. The molecule has 30 heavy (non-hydrogen) atoms. The molecule has 0 fully saturated rings. The van der Waals surface area contributed by atoms with E-state index in [0.29, 0.717) is 33.2 Å². The summed E-state index contributed by atoms with van der Waals surface area (Å²) in [5.74, 6) is 0.552. The maximum atomic E-state index is 13.2. The largest absolute Gasteiger partial charge is 0.457 e. The van der Waals surface area contributed by atoms with Crippen LogP contribution in [-0.2, 0) is 10.3 Å². The van der Waals surface area contributed by atoms with Gasteiger partial charge in [0.15, 0.2) is 5.96 Å². The number of nitrogens with two attached hydrogens (primary N) is 1. The number of carbonyl (C=O) groups excluding carboxylic acids is 1. The summed E-state index contributed by atoms with van der Waals surface area (Å²) in [6, 6.07) is 12.5. The Kier molecular flexibility index (Phi) is 3.82. The van der Waals surface area contributed by atoms with Gasteiger partial charge in [0.05, 0.1) is 16.7 Å². The molecule has 1 atom stereocenters. The van der Waals surface area contributed by atoms with Crippen LogP contribution in [0.15, 0.2) is 53.8 Å². The van der Waals surface area contributed by atoms with Gasteiger partial charge in [0.25, 0.3) is 5.91 Å². The Hall–Kier alpha value is -3.89. The lowest BCUT2D eigenvalue weighted by Gasteiger charge is -2.33. The molecule has 0 saturated heterocycles. The summed E-state index contributed by atoms with van der Waals surface area (Å²) in [6.07, 6.45) is 3.25. The van der Waals surface area contributed by atoms with Gasteiger partial charge in [-0.25, -0.2) is 4.99 Å². The highest BCUT2D eigenvalue weighted by Gasteiger charge is 2.52. The number of aromatic nitrogens is 1. The van der Waals surface area contributed by atoms with Crippen LogP contribution in [0, 0.1) is 18.3 Å². The minimum absolute atomic E-state index is 0.00714. The molecule has 1 unspecified atom stereocenters. The molecule has 0 saturated carbocycles. The van der Waals surface area contributed by atoms with E-state index in [1.54, 1.807) is 36.7 Å². The predicted octanol–water partition coefficient (Wildman–Crippen LogP) is 3.38. The number of rotatable bonds is 1. The average molecular weight is 416 g/mol. The quantitative estimate of drug-likeness (QED) is 0.632. The van der Waals surface area contributed by atoms with Crippen LogP contribution >= 0.6 is 11.6 Å². The standard InChI is InChI=1S/C22H14ClN5O2/c1-11-4-19-17(7-15(11)13-6-14(23)10-26-9-13)22(20(29)27-21(25)28-22)16-5-12(8-24)2-3-18(16)30-19/h2-7,9-10H,1H3,(H3,25,27,28,29). The Bertz CT molecular complexity index is 1330. The van der Waals surface area contributed by atoms with Crippen molar-refractivity contribution in [3.8, 4) is 28.7 Å². The van der Waals surface area contributed by atoms with Crippen LogP contribution in [0.5, 0.6) is 11.5 Å². The number of amides is 1. The Labute approximate surface area is 176 Å². The van der Waals surface area contributed by atoms with Crippen LogP contribution in [0.3, 0.4) is 0 Å². The first kappa shape index (κ1) is 18.2. The second kappa shape index (κ2) is 6.31. The molecular formula is C22H14ClN5O2. The number of hydrogen-bond acceptors (Lipinski definition) is 6. The third kappa shape index (κ3) is 2.48. The lowest BCUT2D eigenvalue weighted by atomic mass is 9.78. The maximum absolute atomic E-state index is 13.2. The van der Waals surface area contributed by atoms with E-state index >= 15 is 0 Å². The molecule has 146 valence electrons. The van der Waals surface area contributed by atoms with Gasteiger partial charge in [-0.1, -0.05) is 11.6 Å². The number of benzene rings is 2. The Morgan fingerprint density at radius 3 is 2.67 bits per heavy atom. The number of carbonyl (C=O) groups is 1. The van der Waals surface area contributed by atoms with Gasteiger partial charge < -0.3 is 10.5 Å². The Balaban J connectivity index is 1.83. The third-order valence-corrected chi connectivity index (χ3v) is 5.52. The highest BCUT2D eigenvalue weighted by atomic mass is 35.5. The summed E-state index contributed by atoms with van der Waals surface area (Å²) < 4.78 is 6.10. The summed E-state index contributed by atoms with van der Waals surface area (Å²) in [7, 11) is 0. The number of pyridine rings is 1. The van der Waals surface area contributed by atoms with E-state index in [2.05, 4.69) is 21.4 Å². The molecule has 1 amide bonds. The molecule has 2 aliphatic heterocycles. The zero-order chi connectivity index (χ0) is 21.0. The maximum Gasteiger partial charge on any atom is 0.264 e. The van der Waals surface area contributed by atoms with Crippen molar-refractivity contribution >= 4 is 23.5 Å². The normalized spacial score (nSPS) is 18.7. The SMILES string of the molecule is Cc1cc2c(cc1-c1cncc(Cl)c1)C1(N=C(N)NC1=O)c1cc(C#N)ccc1O2. The van der Waals surface area contributed by atoms with Gasteiger partial charge in [0.2, 0.25) is 5.54 Å². The van der Waals surface area contributed by atoms with E-state index in [9.17, 15) is 10.1 Å². The fraction of sp³-hybridized carbons (Fsp3) is 0.0909. The Morgan fingerprint density at radius 2 is 1.97 bits per heavy atom. The summed E-state index contributed by atoms with van der Waals surface area (Å²) in [4.78, 5) is 21.9. The third-order valence-electron chi connectivity index (χ3n) is 5.31. The number of fused-ring (bicyclic) bond motifs is 4. The van der Waals surface area contributed by atoms with Crippen molar-refractivity contribution in [1.82, 2.24) is 10.3 Å². The molecule has 2 aliphatic rings. The number of nitrogens with zero attached hydrogens (tertiary/aromatic N) is 3. The average Bonchev–Trinajstić information content (AvgIpc) is 3.02. The van der Waals surface area contributed by atoms with Crippen LogP contribution in [0.4, 0.5) is 0 Å². The van der Waals surface area contributed by atoms with E-state index in [1.165, 1.54) is 0 Å². The molecule has 0 radical (unpaired) electrons. The molecule has 0 aliphatic carbocycles. The van der Waals surface area contributed by atoms with Crippen LogP contribution in [0.1, 0.15) is 22.3 Å². The summed E-state index contributed by atoms with van der Waals surface area (Å²) in [5, 5.41) is 12.5. The van der Waals surface area contributed by atoms with Gasteiger partial charge in [0, 0.05) is 29.1 Å². The van der Waals surface area contributed by atoms with Crippen molar-refractivity contribution in [3.05, 3.63) is 76.1 Å². The number of aryl methyl sites for hydroxylation is 1.